The number of hydrogen-bond donors (Lipinski definition) is 0. The van der Waals surface area contributed by atoms with Crippen LogP contribution < -0.4 is 0 Å². The Labute approximate surface area is 94.4 Å². The Kier molecular flexibility index (Phi) is 2.65. The van der Waals surface area contributed by atoms with Crippen LogP contribution in [0.15, 0.2) is 30.3 Å². The molecule has 3 nitrogen and oxygen atoms in total. The zero-order valence-corrected chi connectivity index (χ0v) is 9.23. The number of hydrogen-bond acceptors (Lipinski definition) is 3. The molecule has 0 saturated carbocycles. The van der Waals surface area contributed by atoms with Crippen LogP contribution in [0.25, 0.3) is 11.3 Å². The Morgan fingerprint density at radius 3 is 2.38 bits per heavy atom. The van der Waals surface area contributed by atoms with E-state index < -0.39 is 0 Å². The fourth-order valence-electron chi connectivity index (χ4n) is 1.61. The van der Waals surface area contributed by atoms with Crippen molar-refractivity contribution in [3.63, 3.8) is 0 Å². The Hall–Kier alpha value is -2.21. The van der Waals surface area contributed by atoms with Crippen molar-refractivity contribution >= 4 is 0 Å². The fourth-order valence-corrected chi connectivity index (χ4v) is 1.61. The normalized spacial score (nSPS) is 9.81. The summed E-state index contributed by atoms with van der Waals surface area (Å²) in [5.74, 6) is 0.626. The summed E-state index contributed by atoms with van der Waals surface area (Å²) in [4.78, 5) is 8.49. The highest BCUT2D eigenvalue weighted by atomic mass is 14.9. The average molecular weight is 209 g/mol. The van der Waals surface area contributed by atoms with Crippen molar-refractivity contribution in [2.24, 2.45) is 0 Å². The van der Waals surface area contributed by atoms with Gasteiger partial charge in [-0.1, -0.05) is 30.3 Å². The molecule has 1 aromatic heterocycles. The predicted molar refractivity (Wildman–Crippen MR) is 61.7 cm³/mol. The number of nitrogens with zero attached hydrogens (tertiary/aromatic N) is 3. The molecule has 0 amide bonds. The smallest absolute Gasteiger partial charge is 0.147 e. The van der Waals surface area contributed by atoms with Gasteiger partial charge in [0, 0.05) is 11.1 Å². The molecule has 0 saturated heterocycles. The third-order valence-electron chi connectivity index (χ3n) is 2.41. The molecule has 1 heterocycles. The molecule has 0 bridgehead atoms. The summed E-state index contributed by atoms with van der Waals surface area (Å²) >= 11 is 0. The van der Waals surface area contributed by atoms with Crippen LogP contribution in [-0.4, -0.2) is 9.97 Å². The summed E-state index contributed by atoms with van der Waals surface area (Å²) in [6, 6.07) is 11.9. The zero-order valence-electron chi connectivity index (χ0n) is 9.23. The van der Waals surface area contributed by atoms with E-state index in [1.165, 1.54) is 0 Å². The van der Waals surface area contributed by atoms with Gasteiger partial charge in [-0.2, -0.15) is 5.26 Å². The van der Waals surface area contributed by atoms with E-state index in [4.69, 9.17) is 5.26 Å². The maximum Gasteiger partial charge on any atom is 0.147 e. The second-order valence-corrected chi connectivity index (χ2v) is 3.57. The van der Waals surface area contributed by atoms with Crippen LogP contribution in [-0.2, 0) is 0 Å². The third kappa shape index (κ3) is 1.78. The topological polar surface area (TPSA) is 49.6 Å². The van der Waals surface area contributed by atoms with Crippen LogP contribution in [0.2, 0.25) is 0 Å². The fraction of sp³-hybridized carbons (Fsp3) is 0.154. The first-order valence-electron chi connectivity index (χ1n) is 5.03. The van der Waals surface area contributed by atoms with Crippen LogP contribution in [0.1, 0.15) is 17.1 Å². The van der Waals surface area contributed by atoms with Crippen molar-refractivity contribution in [3.05, 3.63) is 47.4 Å². The summed E-state index contributed by atoms with van der Waals surface area (Å²) in [7, 11) is 0. The standard InChI is InChI=1S/C13H11N3/c1-9-12(8-14)15-10(2)16-13(9)11-6-4-3-5-7-11/h3-7H,1-2H3. The van der Waals surface area contributed by atoms with Gasteiger partial charge in [0.25, 0.3) is 0 Å². The van der Waals surface area contributed by atoms with Crippen molar-refractivity contribution in [1.82, 2.24) is 9.97 Å². The van der Waals surface area contributed by atoms with Gasteiger partial charge in [-0.25, -0.2) is 9.97 Å². The minimum absolute atomic E-state index is 0.450. The van der Waals surface area contributed by atoms with Gasteiger partial charge in [0.2, 0.25) is 0 Å². The highest BCUT2D eigenvalue weighted by Gasteiger charge is 2.09. The van der Waals surface area contributed by atoms with Crippen LogP contribution >= 0.6 is 0 Å². The van der Waals surface area contributed by atoms with Crippen molar-refractivity contribution in [2.45, 2.75) is 13.8 Å². The quantitative estimate of drug-likeness (QED) is 0.725. The molecule has 1 aromatic carbocycles. The summed E-state index contributed by atoms with van der Waals surface area (Å²) < 4.78 is 0. The molecule has 0 atom stereocenters. The van der Waals surface area contributed by atoms with Gasteiger partial charge >= 0.3 is 0 Å². The molecule has 16 heavy (non-hydrogen) atoms. The lowest BCUT2D eigenvalue weighted by Crippen LogP contribution is -1.99. The molecule has 2 aromatic rings. The average Bonchev–Trinajstić information content (AvgIpc) is 2.33. The van der Waals surface area contributed by atoms with Gasteiger partial charge in [0.15, 0.2) is 0 Å². The molecular formula is C13H11N3. The van der Waals surface area contributed by atoms with Gasteiger partial charge < -0.3 is 0 Å². The lowest BCUT2D eigenvalue weighted by atomic mass is 10.1. The number of aryl methyl sites for hydroxylation is 1. The number of aromatic nitrogens is 2. The predicted octanol–water partition coefficient (Wildman–Crippen LogP) is 2.63. The molecule has 0 unspecified atom stereocenters. The maximum absolute atomic E-state index is 8.97. The second-order valence-electron chi connectivity index (χ2n) is 3.57. The Balaban J connectivity index is 2.67. The molecule has 0 aliphatic carbocycles. The van der Waals surface area contributed by atoms with E-state index in [-0.39, 0.29) is 0 Å². The number of benzene rings is 1. The van der Waals surface area contributed by atoms with Gasteiger partial charge in [0.1, 0.15) is 17.6 Å². The molecule has 0 N–H and O–H groups in total. The van der Waals surface area contributed by atoms with E-state index in [2.05, 4.69) is 16.0 Å². The Morgan fingerprint density at radius 1 is 1.06 bits per heavy atom. The SMILES string of the molecule is Cc1nc(C#N)c(C)c(-c2ccccc2)n1. The van der Waals surface area contributed by atoms with Crippen molar-refractivity contribution in [1.29, 1.82) is 5.26 Å². The Morgan fingerprint density at radius 2 is 1.75 bits per heavy atom. The van der Waals surface area contributed by atoms with E-state index >= 15 is 0 Å². The summed E-state index contributed by atoms with van der Waals surface area (Å²) in [6.07, 6.45) is 0. The molecule has 0 fully saturated rings. The largest absolute Gasteiger partial charge is 0.233 e. The van der Waals surface area contributed by atoms with E-state index in [9.17, 15) is 0 Å². The van der Waals surface area contributed by atoms with Gasteiger partial charge in [-0.15, -0.1) is 0 Å². The lowest BCUT2D eigenvalue weighted by Gasteiger charge is -2.06. The summed E-state index contributed by atoms with van der Waals surface area (Å²) in [5, 5.41) is 8.97. The van der Waals surface area contributed by atoms with E-state index in [0.29, 0.717) is 11.5 Å². The second kappa shape index (κ2) is 4.11. The summed E-state index contributed by atoms with van der Waals surface area (Å²) in [5.41, 5.74) is 3.14. The van der Waals surface area contributed by atoms with E-state index in [1.807, 2.05) is 37.3 Å². The minimum atomic E-state index is 0.450. The van der Waals surface area contributed by atoms with Crippen LogP contribution in [0, 0.1) is 25.2 Å². The van der Waals surface area contributed by atoms with Crippen LogP contribution in [0.3, 0.4) is 0 Å². The zero-order chi connectivity index (χ0) is 11.5. The summed E-state index contributed by atoms with van der Waals surface area (Å²) in [6.45, 7) is 3.67. The molecule has 3 heteroatoms. The maximum atomic E-state index is 8.97. The molecule has 2 rings (SSSR count). The van der Waals surface area contributed by atoms with Crippen molar-refractivity contribution in [3.8, 4) is 17.3 Å². The van der Waals surface area contributed by atoms with Crippen LogP contribution in [0.5, 0.6) is 0 Å². The molecule has 78 valence electrons. The molecule has 0 aliphatic rings. The number of rotatable bonds is 1. The number of nitriles is 1. The molecule has 0 aliphatic heterocycles. The minimum Gasteiger partial charge on any atom is -0.233 e. The highest BCUT2D eigenvalue weighted by Crippen LogP contribution is 2.22. The monoisotopic (exact) mass is 209 g/mol. The first-order valence-corrected chi connectivity index (χ1v) is 5.03. The lowest BCUT2D eigenvalue weighted by molar-refractivity contribution is 1.02. The first-order chi connectivity index (χ1) is 7.72. The van der Waals surface area contributed by atoms with Gasteiger partial charge in [0.05, 0.1) is 5.69 Å². The Bertz CT molecular complexity index is 553. The van der Waals surface area contributed by atoms with Crippen molar-refractivity contribution < 1.29 is 0 Å². The van der Waals surface area contributed by atoms with E-state index in [0.717, 1.165) is 16.8 Å². The van der Waals surface area contributed by atoms with Gasteiger partial charge in [-0.3, -0.25) is 0 Å². The van der Waals surface area contributed by atoms with Crippen molar-refractivity contribution in [2.75, 3.05) is 0 Å². The molecule has 0 radical (unpaired) electrons. The van der Waals surface area contributed by atoms with Crippen LogP contribution in [0.4, 0.5) is 0 Å². The highest BCUT2D eigenvalue weighted by molar-refractivity contribution is 5.64. The van der Waals surface area contributed by atoms with Gasteiger partial charge in [-0.05, 0) is 13.8 Å². The first kappa shape index (κ1) is 10.3. The molecule has 0 spiro atoms. The molecular weight excluding hydrogens is 198 g/mol. The van der Waals surface area contributed by atoms with E-state index in [1.54, 1.807) is 6.92 Å². The third-order valence-corrected chi connectivity index (χ3v) is 2.41.